The molecule has 2 heterocycles. The molecule has 1 atom stereocenters. The molecule has 118 valence electrons. The Hall–Kier alpha value is -3.21. The van der Waals surface area contributed by atoms with Crippen molar-refractivity contribution in [3.05, 3.63) is 89.6 Å². The summed E-state index contributed by atoms with van der Waals surface area (Å²) in [6.45, 7) is 0.191. The smallest absolute Gasteiger partial charge is 0.261 e. The van der Waals surface area contributed by atoms with Crippen molar-refractivity contribution >= 4 is 11.8 Å². The second-order valence-electron chi connectivity index (χ2n) is 5.60. The lowest BCUT2D eigenvalue weighted by Gasteiger charge is -2.20. The van der Waals surface area contributed by atoms with Crippen LogP contribution in [0.2, 0.25) is 0 Å². The summed E-state index contributed by atoms with van der Waals surface area (Å²) in [5.74, 6) is -0.368. The molecule has 2 amide bonds. The van der Waals surface area contributed by atoms with Gasteiger partial charge in [-0.05, 0) is 17.7 Å². The van der Waals surface area contributed by atoms with Gasteiger partial charge in [0, 0.05) is 6.54 Å². The van der Waals surface area contributed by atoms with Crippen molar-refractivity contribution in [2.24, 2.45) is 0 Å². The topological polar surface area (TPSA) is 63.4 Å². The van der Waals surface area contributed by atoms with Crippen LogP contribution in [0.3, 0.4) is 0 Å². The zero-order chi connectivity index (χ0) is 16.5. The van der Waals surface area contributed by atoms with Crippen LogP contribution in [0.4, 0.5) is 0 Å². The van der Waals surface area contributed by atoms with Gasteiger partial charge in [0.2, 0.25) is 5.89 Å². The van der Waals surface area contributed by atoms with E-state index in [9.17, 15) is 9.59 Å². The van der Waals surface area contributed by atoms with Gasteiger partial charge in [-0.2, -0.15) is 0 Å². The highest BCUT2D eigenvalue weighted by molar-refractivity contribution is 6.21. The summed E-state index contributed by atoms with van der Waals surface area (Å²) in [7, 11) is 0. The van der Waals surface area contributed by atoms with Crippen LogP contribution in [0.15, 0.2) is 71.5 Å². The zero-order valence-electron chi connectivity index (χ0n) is 12.8. The number of oxazole rings is 1. The monoisotopic (exact) mass is 318 g/mol. The lowest BCUT2D eigenvalue weighted by atomic mass is 9.98. The maximum atomic E-state index is 12.6. The number of hydrogen-bond donors (Lipinski definition) is 0. The van der Waals surface area contributed by atoms with Gasteiger partial charge in [-0.1, -0.05) is 42.5 Å². The second kappa shape index (κ2) is 5.77. The predicted molar refractivity (Wildman–Crippen MR) is 86.6 cm³/mol. The van der Waals surface area contributed by atoms with E-state index in [4.69, 9.17) is 4.42 Å². The number of nitrogens with zero attached hydrogens (tertiary/aromatic N) is 2. The van der Waals surface area contributed by atoms with Crippen LogP contribution in [-0.4, -0.2) is 28.2 Å². The molecule has 2 aromatic carbocycles. The molecule has 0 radical (unpaired) electrons. The summed E-state index contributed by atoms with van der Waals surface area (Å²) in [4.78, 5) is 30.7. The summed E-state index contributed by atoms with van der Waals surface area (Å²) in [6.07, 6.45) is 3.06. The minimum Gasteiger partial charge on any atom is -0.448 e. The highest BCUT2D eigenvalue weighted by Crippen LogP contribution is 2.29. The number of rotatable bonds is 4. The van der Waals surface area contributed by atoms with Crippen molar-refractivity contribution in [2.45, 2.75) is 5.92 Å². The maximum Gasteiger partial charge on any atom is 0.261 e. The van der Waals surface area contributed by atoms with Gasteiger partial charge in [0.25, 0.3) is 11.8 Å². The largest absolute Gasteiger partial charge is 0.448 e. The van der Waals surface area contributed by atoms with Crippen molar-refractivity contribution in [3.8, 4) is 0 Å². The molecule has 4 rings (SSSR count). The van der Waals surface area contributed by atoms with Crippen molar-refractivity contribution in [1.82, 2.24) is 9.88 Å². The van der Waals surface area contributed by atoms with Gasteiger partial charge >= 0.3 is 0 Å². The number of aromatic nitrogens is 1. The summed E-state index contributed by atoms with van der Waals surface area (Å²) in [5.41, 5.74) is 1.83. The van der Waals surface area contributed by atoms with E-state index < -0.39 is 0 Å². The number of benzene rings is 2. The normalized spacial score (nSPS) is 14.8. The van der Waals surface area contributed by atoms with E-state index in [0.717, 1.165) is 5.56 Å². The lowest BCUT2D eigenvalue weighted by Crippen LogP contribution is -2.34. The Morgan fingerprint density at radius 1 is 0.917 bits per heavy atom. The fourth-order valence-corrected chi connectivity index (χ4v) is 3.01. The lowest BCUT2D eigenvalue weighted by molar-refractivity contribution is 0.0646. The molecule has 0 N–H and O–H groups in total. The van der Waals surface area contributed by atoms with E-state index in [-0.39, 0.29) is 24.3 Å². The van der Waals surface area contributed by atoms with E-state index in [1.54, 1.807) is 30.5 Å². The molecular formula is C19H14N2O3. The van der Waals surface area contributed by atoms with Crippen molar-refractivity contribution < 1.29 is 14.0 Å². The Kier molecular flexibility index (Phi) is 3.46. The first kappa shape index (κ1) is 14.4. The van der Waals surface area contributed by atoms with Gasteiger partial charge in [0.1, 0.15) is 6.26 Å². The third kappa shape index (κ3) is 2.31. The summed E-state index contributed by atoms with van der Waals surface area (Å²) < 4.78 is 5.45. The third-order valence-corrected chi connectivity index (χ3v) is 4.19. The average molecular weight is 318 g/mol. The molecule has 0 fully saturated rings. The third-order valence-electron chi connectivity index (χ3n) is 4.19. The van der Waals surface area contributed by atoms with Gasteiger partial charge in [-0.3, -0.25) is 14.5 Å². The maximum absolute atomic E-state index is 12.6. The number of carbonyl (C=O) groups excluding carboxylic acids is 2. The molecule has 1 unspecified atom stereocenters. The van der Waals surface area contributed by atoms with E-state index >= 15 is 0 Å². The van der Waals surface area contributed by atoms with Gasteiger partial charge in [-0.15, -0.1) is 0 Å². The minimum atomic E-state index is -0.302. The molecule has 0 spiro atoms. The quantitative estimate of drug-likeness (QED) is 0.693. The molecule has 24 heavy (non-hydrogen) atoms. The standard InChI is InChI=1S/C19H14N2O3/c22-18-14-8-4-5-9-15(14)19(23)21(18)12-16(17-20-10-11-24-17)13-6-2-1-3-7-13/h1-11,16H,12H2. The molecule has 3 aromatic rings. The second-order valence-corrected chi connectivity index (χ2v) is 5.60. The summed E-state index contributed by atoms with van der Waals surface area (Å²) in [6, 6.07) is 16.5. The molecule has 0 aliphatic carbocycles. The first-order valence-corrected chi connectivity index (χ1v) is 7.65. The van der Waals surface area contributed by atoms with Gasteiger partial charge < -0.3 is 4.42 Å². The number of hydrogen-bond acceptors (Lipinski definition) is 4. The van der Waals surface area contributed by atoms with E-state index in [1.165, 1.54) is 11.2 Å². The number of imide groups is 1. The molecule has 1 aromatic heterocycles. The number of carbonyl (C=O) groups is 2. The van der Waals surface area contributed by atoms with Crippen LogP contribution < -0.4 is 0 Å². The highest BCUT2D eigenvalue weighted by Gasteiger charge is 2.37. The fourth-order valence-electron chi connectivity index (χ4n) is 3.01. The molecule has 0 saturated heterocycles. The first-order valence-electron chi connectivity index (χ1n) is 7.65. The Labute approximate surface area is 138 Å². The Morgan fingerprint density at radius 3 is 2.12 bits per heavy atom. The van der Waals surface area contributed by atoms with Crippen LogP contribution in [0.25, 0.3) is 0 Å². The predicted octanol–water partition coefficient (Wildman–Crippen LogP) is 3.10. The average Bonchev–Trinajstić information content (AvgIpc) is 3.23. The Bertz CT molecular complexity index is 853. The SMILES string of the molecule is O=C1c2ccccc2C(=O)N1CC(c1ccccc1)c1ncco1. The van der Waals surface area contributed by atoms with Crippen LogP contribution in [-0.2, 0) is 0 Å². The summed E-state index contributed by atoms with van der Waals surface area (Å²) in [5, 5.41) is 0. The molecule has 0 bridgehead atoms. The van der Waals surface area contributed by atoms with Gasteiger partial charge in [-0.25, -0.2) is 4.98 Å². The molecular weight excluding hydrogens is 304 g/mol. The van der Waals surface area contributed by atoms with Crippen LogP contribution in [0.5, 0.6) is 0 Å². The van der Waals surface area contributed by atoms with Gasteiger partial charge in [0.15, 0.2) is 0 Å². The van der Waals surface area contributed by atoms with Gasteiger partial charge in [0.05, 0.1) is 23.2 Å². The summed E-state index contributed by atoms with van der Waals surface area (Å²) >= 11 is 0. The minimum absolute atomic E-state index is 0.191. The number of amides is 2. The Morgan fingerprint density at radius 2 is 1.54 bits per heavy atom. The van der Waals surface area contributed by atoms with E-state index in [1.807, 2.05) is 30.3 Å². The fraction of sp³-hybridized carbons (Fsp3) is 0.105. The molecule has 1 aliphatic heterocycles. The Balaban J connectivity index is 1.70. The molecule has 0 saturated carbocycles. The van der Waals surface area contributed by atoms with Crippen molar-refractivity contribution in [3.63, 3.8) is 0 Å². The van der Waals surface area contributed by atoms with Crippen LogP contribution in [0, 0.1) is 0 Å². The zero-order valence-corrected chi connectivity index (χ0v) is 12.8. The van der Waals surface area contributed by atoms with Crippen LogP contribution >= 0.6 is 0 Å². The number of fused-ring (bicyclic) bond motifs is 1. The van der Waals surface area contributed by atoms with Crippen molar-refractivity contribution in [2.75, 3.05) is 6.54 Å². The van der Waals surface area contributed by atoms with E-state index in [2.05, 4.69) is 4.98 Å². The highest BCUT2D eigenvalue weighted by atomic mass is 16.3. The molecule has 5 nitrogen and oxygen atoms in total. The van der Waals surface area contributed by atoms with Crippen LogP contribution in [0.1, 0.15) is 38.1 Å². The van der Waals surface area contributed by atoms with Crippen molar-refractivity contribution in [1.29, 1.82) is 0 Å². The molecule has 1 aliphatic rings. The van der Waals surface area contributed by atoms with E-state index in [0.29, 0.717) is 17.0 Å². The first-order chi connectivity index (χ1) is 11.8. The molecule has 5 heteroatoms.